The van der Waals surface area contributed by atoms with E-state index in [2.05, 4.69) is 15.6 Å². The minimum atomic E-state index is -0.241. The van der Waals surface area contributed by atoms with Gasteiger partial charge in [0.1, 0.15) is 11.6 Å². The van der Waals surface area contributed by atoms with Crippen molar-refractivity contribution in [2.75, 3.05) is 12.4 Å². The van der Waals surface area contributed by atoms with Crippen LogP contribution in [0.4, 0.5) is 5.69 Å². The number of carbonyl (C=O) groups excluding carboxylic acids is 2. The van der Waals surface area contributed by atoms with Gasteiger partial charge in [0.2, 0.25) is 5.91 Å². The van der Waals surface area contributed by atoms with Crippen molar-refractivity contribution in [3.63, 3.8) is 0 Å². The van der Waals surface area contributed by atoms with E-state index in [9.17, 15) is 9.59 Å². The molecule has 4 aromatic rings. The second-order valence-corrected chi connectivity index (χ2v) is 8.21. The summed E-state index contributed by atoms with van der Waals surface area (Å²) >= 11 is 0. The van der Waals surface area contributed by atoms with E-state index in [0.29, 0.717) is 34.8 Å². The van der Waals surface area contributed by atoms with Gasteiger partial charge in [-0.05, 0) is 49.2 Å². The molecule has 0 aliphatic rings. The molecule has 8 nitrogen and oxygen atoms in total. The average molecular weight is 458 g/mol. The van der Waals surface area contributed by atoms with E-state index in [1.807, 2.05) is 54.9 Å². The van der Waals surface area contributed by atoms with Crippen LogP contribution in [-0.4, -0.2) is 39.5 Å². The summed E-state index contributed by atoms with van der Waals surface area (Å²) < 4.78 is 7.40. The monoisotopic (exact) mass is 457 g/mol. The molecule has 4 rings (SSSR count). The van der Waals surface area contributed by atoms with Gasteiger partial charge in [0.25, 0.3) is 5.91 Å². The number of rotatable bonds is 7. The number of benzene rings is 2. The first-order chi connectivity index (χ1) is 16.4. The van der Waals surface area contributed by atoms with Crippen LogP contribution in [0, 0.1) is 0 Å². The standard InChI is InChI=1S/C26H27N5O3/c1-16(12-18-8-7-11-27-15-18)28-26(33)19-13-21(29-17(2)32)24-22(14-19)30-25(31(24)3)20-9-5-6-10-23(20)34-4/h5-11,13-16H,12H2,1-4H3,(H,28,33)(H,29,32)/t16-/m0/s1. The second-order valence-electron chi connectivity index (χ2n) is 8.21. The van der Waals surface area contributed by atoms with Crippen molar-refractivity contribution in [3.05, 3.63) is 72.1 Å². The van der Waals surface area contributed by atoms with Crippen LogP contribution in [-0.2, 0) is 18.3 Å². The summed E-state index contributed by atoms with van der Waals surface area (Å²) in [6.45, 7) is 3.38. The molecule has 2 aromatic heterocycles. The summed E-state index contributed by atoms with van der Waals surface area (Å²) in [6, 6.07) is 14.8. The summed E-state index contributed by atoms with van der Waals surface area (Å²) in [5.74, 6) is 0.879. The minimum Gasteiger partial charge on any atom is -0.496 e. The van der Waals surface area contributed by atoms with E-state index in [1.54, 1.807) is 31.6 Å². The molecule has 0 aliphatic carbocycles. The van der Waals surface area contributed by atoms with Gasteiger partial charge in [-0.3, -0.25) is 14.6 Å². The number of amides is 2. The third kappa shape index (κ3) is 4.76. The number of ether oxygens (including phenoxy) is 1. The van der Waals surface area contributed by atoms with Crippen molar-refractivity contribution < 1.29 is 14.3 Å². The molecule has 174 valence electrons. The van der Waals surface area contributed by atoms with E-state index in [4.69, 9.17) is 9.72 Å². The first-order valence-electron chi connectivity index (χ1n) is 11.0. The third-order valence-corrected chi connectivity index (χ3v) is 5.53. The molecule has 0 bridgehead atoms. The fourth-order valence-corrected chi connectivity index (χ4v) is 4.07. The predicted octanol–water partition coefficient (Wildman–Crippen LogP) is 3.96. The van der Waals surface area contributed by atoms with Gasteiger partial charge < -0.3 is 19.9 Å². The molecule has 0 unspecified atom stereocenters. The zero-order chi connectivity index (χ0) is 24.2. The van der Waals surface area contributed by atoms with Gasteiger partial charge in [0.05, 0.1) is 29.4 Å². The Balaban J connectivity index is 1.72. The molecule has 0 fully saturated rings. The van der Waals surface area contributed by atoms with Crippen LogP contribution >= 0.6 is 0 Å². The number of carbonyl (C=O) groups is 2. The third-order valence-electron chi connectivity index (χ3n) is 5.53. The average Bonchev–Trinajstić information content (AvgIpc) is 3.15. The quantitative estimate of drug-likeness (QED) is 0.438. The zero-order valence-corrected chi connectivity index (χ0v) is 19.6. The number of imidazole rings is 1. The Bertz CT molecular complexity index is 1350. The molecule has 2 amide bonds. The van der Waals surface area contributed by atoms with Crippen molar-refractivity contribution in [3.8, 4) is 17.1 Å². The van der Waals surface area contributed by atoms with Crippen molar-refractivity contribution >= 4 is 28.5 Å². The van der Waals surface area contributed by atoms with Crippen molar-refractivity contribution in [2.45, 2.75) is 26.3 Å². The van der Waals surface area contributed by atoms with Crippen molar-refractivity contribution in [1.82, 2.24) is 19.9 Å². The molecule has 1 atom stereocenters. The maximum absolute atomic E-state index is 13.1. The van der Waals surface area contributed by atoms with Gasteiger partial charge in [-0.15, -0.1) is 0 Å². The van der Waals surface area contributed by atoms with Crippen molar-refractivity contribution in [1.29, 1.82) is 0 Å². The Morgan fingerprint density at radius 1 is 1.15 bits per heavy atom. The minimum absolute atomic E-state index is 0.107. The van der Waals surface area contributed by atoms with Gasteiger partial charge in [0, 0.05) is 38.0 Å². The number of methoxy groups -OCH3 is 1. The molecule has 2 N–H and O–H groups in total. The van der Waals surface area contributed by atoms with Gasteiger partial charge >= 0.3 is 0 Å². The fraction of sp³-hybridized carbons (Fsp3) is 0.231. The lowest BCUT2D eigenvalue weighted by Crippen LogP contribution is -2.34. The topological polar surface area (TPSA) is 98.1 Å². The van der Waals surface area contributed by atoms with E-state index >= 15 is 0 Å². The van der Waals surface area contributed by atoms with Gasteiger partial charge in [-0.25, -0.2) is 4.98 Å². The summed E-state index contributed by atoms with van der Waals surface area (Å²) in [5, 5.41) is 5.88. The van der Waals surface area contributed by atoms with Gasteiger partial charge in [-0.1, -0.05) is 18.2 Å². The number of anilines is 1. The van der Waals surface area contributed by atoms with E-state index < -0.39 is 0 Å². The summed E-state index contributed by atoms with van der Waals surface area (Å²) in [5.41, 5.74) is 4.10. The number of hydrogen-bond donors (Lipinski definition) is 2. The zero-order valence-electron chi connectivity index (χ0n) is 19.6. The van der Waals surface area contributed by atoms with Crippen LogP contribution in [0.25, 0.3) is 22.4 Å². The molecular weight excluding hydrogens is 430 g/mol. The Labute approximate surface area is 198 Å². The van der Waals surface area contributed by atoms with E-state index in [0.717, 1.165) is 16.6 Å². The lowest BCUT2D eigenvalue weighted by Gasteiger charge is -2.15. The molecule has 0 aliphatic heterocycles. The van der Waals surface area contributed by atoms with Gasteiger partial charge in [-0.2, -0.15) is 0 Å². The number of aromatic nitrogens is 3. The Morgan fingerprint density at radius 2 is 1.94 bits per heavy atom. The Hall–Kier alpha value is -4.20. The summed E-state index contributed by atoms with van der Waals surface area (Å²) in [4.78, 5) is 34.0. The number of aryl methyl sites for hydroxylation is 1. The van der Waals surface area contributed by atoms with E-state index in [-0.39, 0.29) is 17.9 Å². The Morgan fingerprint density at radius 3 is 2.65 bits per heavy atom. The first-order valence-corrected chi connectivity index (χ1v) is 11.0. The molecule has 0 radical (unpaired) electrons. The number of hydrogen-bond acceptors (Lipinski definition) is 5. The maximum atomic E-state index is 13.1. The molecule has 8 heteroatoms. The van der Waals surface area contributed by atoms with Crippen LogP contribution in [0.5, 0.6) is 5.75 Å². The van der Waals surface area contributed by atoms with Crippen LogP contribution < -0.4 is 15.4 Å². The maximum Gasteiger partial charge on any atom is 0.251 e. The SMILES string of the molecule is COc1ccccc1-c1nc2cc(C(=O)N[C@@H](C)Cc3cccnc3)cc(NC(C)=O)c2n1C. The Kier molecular flexibility index (Phi) is 6.58. The molecule has 2 aromatic carbocycles. The first kappa shape index (κ1) is 23.0. The van der Waals surface area contributed by atoms with Crippen LogP contribution in [0.1, 0.15) is 29.8 Å². The number of fused-ring (bicyclic) bond motifs is 1. The fourth-order valence-electron chi connectivity index (χ4n) is 4.07. The molecule has 0 spiro atoms. The molecule has 2 heterocycles. The van der Waals surface area contributed by atoms with Crippen LogP contribution in [0.2, 0.25) is 0 Å². The van der Waals surface area contributed by atoms with Crippen LogP contribution in [0.15, 0.2) is 60.9 Å². The number of pyridine rings is 1. The number of nitrogens with one attached hydrogen (secondary N) is 2. The van der Waals surface area contributed by atoms with Crippen LogP contribution in [0.3, 0.4) is 0 Å². The molecular formula is C26H27N5O3. The lowest BCUT2D eigenvalue weighted by molar-refractivity contribution is -0.114. The van der Waals surface area contributed by atoms with Crippen molar-refractivity contribution in [2.24, 2.45) is 7.05 Å². The predicted molar refractivity (Wildman–Crippen MR) is 132 cm³/mol. The molecule has 0 saturated carbocycles. The highest BCUT2D eigenvalue weighted by Gasteiger charge is 2.20. The number of nitrogens with zero attached hydrogens (tertiary/aromatic N) is 3. The largest absolute Gasteiger partial charge is 0.496 e. The normalized spacial score (nSPS) is 11.8. The smallest absolute Gasteiger partial charge is 0.251 e. The highest BCUT2D eigenvalue weighted by molar-refractivity contribution is 6.05. The van der Waals surface area contributed by atoms with E-state index in [1.165, 1.54) is 6.92 Å². The summed E-state index contributed by atoms with van der Waals surface area (Å²) in [7, 11) is 3.48. The number of para-hydroxylation sites is 1. The molecule has 34 heavy (non-hydrogen) atoms. The highest BCUT2D eigenvalue weighted by atomic mass is 16.5. The highest BCUT2D eigenvalue weighted by Crippen LogP contribution is 2.34. The van der Waals surface area contributed by atoms with Gasteiger partial charge in [0.15, 0.2) is 0 Å². The molecule has 0 saturated heterocycles. The summed E-state index contributed by atoms with van der Waals surface area (Å²) in [6.07, 6.45) is 4.16. The second kappa shape index (κ2) is 9.74. The lowest BCUT2D eigenvalue weighted by atomic mass is 10.1.